The number of aromatic nitrogens is 1. The van der Waals surface area contributed by atoms with Crippen LogP contribution < -0.4 is 16.8 Å². The molecule has 6 rings (SSSR count). The monoisotopic (exact) mass is 914 g/mol. The number of nitrogens with zero attached hydrogens (tertiary/aromatic N) is 1. The van der Waals surface area contributed by atoms with Gasteiger partial charge in [0.2, 0.25) is 5.91 Å². The molecule has 1 saturated heterocycles. The van der Waals surface area contributed by atoms with Gasteiger partial charge in [-0.25, -0.2) is 0 Å². The number of Topliss-reactive ketones (excluding diaryl/α,β-unsaturated/α-hetero) is 6. The second-order valence-corrected chi connectivity index (χ2v) is 15.5. The summed E-state index contributed by atoms with van der Waals surface area (Å²) in [5.74, 6) is 1.60. The van der Waals surface area contributed by atoms with Gasteiger partial charge < -0.3 is 36.5 Å². The third kappa shape index (κ3) is 30.0. The Bertz CT molecular complexity index is 2110. The molecule has 4 aromatic rings. The third-order valence-electron chi connectivity index (χ3n) is 9.65. The highest BCUT2D eigenvalue weighted by Gasteiger charge is 2.23. The van der Waals surface area contributed by atoms with Crippen LogP contribution in [0.4, 0.5) is 0 Å². The van der Waals surface area contributed by atoms with Gasteiger partial charge in [-0.15, -0.1) is 0 Å². The van der Waals surface area contributed by atoms with Crippen LogP contribution in [0.5, 0.6) is 0 Å². The number of carbonyl (C=O) groups excluding carboxylic acids is 7. The van der Waals surface area contributed by atoms with Crippen LogP contribution in [0.3, 0.4) is 0 Å². The molecule has 3 aromatic carbocycles. The first kappa shape index (κ1) is 61.8. The molecule has 1 atom stereocenters. The maximum Gasteiger partial charge on any atom is 0.220 e. The number of H-pyrrole nitrogens is 1. The predicted octanol–water partition coefficient (Wildman–Crippen LogP) is 10.5. The zero-order valence-electron chi connectivity index (χ0n) is 41.4. The van der Waals surface area contributed by atoms with Gasteiger partial charge in [-0.3, -0.25) is 29.0 Å². The lowest BCUT2D eigenvalue weighted by atomic mass is 9.87. The molecule has 1 aliphatic heterocycles. The number of nitrogens with one attached hydrogen (secondary N) is 2. The number of aliphatic hydroxyl groups excluding tert-OH is 1. The van der Waals surface area contributed by atoms with Gasteiger partial charge in [-0.1, -0.05) is 114 Å². The number of aliphatic imine (C=N–C) groups is 1. The van der Waals surface area contributed by atoms with Crippen molar-refractivity contribution in [2.45, 2.75) is 152 Å². The van der Waals surface area contributed by atoms with Crippen LogP contribution in [0.2, 0.25) is 0 Å². The summed E-state index contributed by atoms with van der Waals surface area (Å²) in [5, 5.41) is 14.4. The quantitative estimate of drug-likeness (QED) is 0.0297. The molecule has 1 unspecified atom stereocenters. The summed E-state index contributed by atoms with van der Waals surface area (Å²) in [6.45, 7) is 21.2. The smallest absolute Gasteiger partial charge is 0.220 e. The SMILES string of the molecule is C=C(O)CCC(C)=O.CC.CC.CC(=O)C1CCC(=O)N1.CC(=O)C1CCCCC1.CC(=O)CCCN=C(N)N.CC(=O)Cc1ccc2ccccc2c1.CC(=O)c1c[nH]c2ccccc12. The molecular weight excluding hydrogens is 835 g/mol. The van der Waals surface area contributed by atoms with E-state index in [-0.39, 0.29) is 52.6 Å². The molecular formula is C53H79N5O8. The summed E-state index contributed by atoms with van der Waals surface area (Å²) in [6, 6.07) is 21.9. The lowest BCUT2D eigenvalue weighted by Gasteiger charge is -2.17. The highest BCUT2D eigenvalue weighted by Crippen LogP contribution is 2.24. The lowest BCUT2D eigenvalue weighted by Crippen LogP contribution is -2.31. The van der Waals surface area contributed by atoms with Gasteiger partial charge >= 0.3 is 0 Å². The van der Waals surface area contributed by atoms with Gasteiger partial charge in [0.05, 0.1) is 11.8 Å². The third-order valence-corrected chi connectivity index (χ3v) is 9.65. The van der Waals surface area contributed by atoms with E-state index in [9.17, 15) is 33.6 Å². The van der Waals surface area contributed by atoms with Crippen LogP contribution >= 0.6 is 0 Å². The number of fused-ring (bicyclic) bond motifs is 2. The van der Waals surface area contributed by atoms with Gasteiger partial charge in [0.15, 0.2) is 17.5 Å². The fourth-order valence-corrected chi connectivity index (χ4v) is 6.28. The number of aliphatic hydroxyl groups is 1. The number of ketones is 6. The molecule has 7 N–H and O–H groups in total. The summed E-state index contributed by atoms with van der Waals surface area (Å²) in [7, 11) is 0. The molecule has 13 heteroatoms. The van der Waals surface area contributed by atoms with Crippen LogP contribution in [0, 0.1) is 5.92 Å². The Morgan fingerprint density at radius 3 is 1.73 bits per heavy atom. The van der Waals surface area contributed by atoms with E-state index in [4.69, 9.17) is 16.6 Å². The van der Waals surface area contributed by atoms with Gasteiger partial charge in [-0.05, 0) is 89.6 Å². The van der Waals surface area contributed by atoms with Crippen LogP contribution in [-0.2, 0) is 35.2 Å². The van der Waals surface area contributed by atoms with E-state index >= 15 is 0 Å². The minimum Gasteiger partial charge on any atom is -0.513 e. The average Bonchev–Trinajstić information content (AvgIpc) is 3.94. The number of benzene rings is 3. The van der Waals surface area contributed by atoms with Crippen molar-refractivity contribution >= 4 is 68.2 Å². The van der Waals surface area contributed by atoms with E-state index in [0.29, 0.717) is 56.8 Å². The predicted molar refractivity (Wildman–Crippen MR) is 271 cm³/mol. The second-order valence-electron chi connectivity index (χ2n) is 15.5. The Labute approximate surface area is 393 Å². The Kier molecular flexibility index (Phi) is 34.7. The van der Waals surface area contributed by atoms with Crippen LogP contribution in [0.25, 0.3) is 21.7 Å². The lowest BCUT2D eigenvalue weighted by molar-refractivity contribution is -0.123. The fraction of sp³-hybridized carbons (Fsp3) is 0.472. The molecule has 66 heavy (non-hydrogen) atoms. The van der Waals surface area contributed by atoms with E-state index in [2.05, 4.69) is 46.1 Å². The Balaban J connectivity index is 0. The number of amides is 1. The normalized spacial score (nSPS) is 13.2. The molecule has 1 amide bonds. The largest absolute Gasteiger partial charge is 0.513 e. The number of para-hydroxylation sites is 1. The van der Waals surface area contributed by atoms with Crippen molar-refractivity contribution < 1.29 is 38.7 Å². The van der Waals surface area contributed by atoms with Crippen molar-refractivity contribution in [3.8, 4) is 0 Å². The van der Waals surface area contributed by atoms with E-state index in [1.807, 2.05) is 70.2 Å². The van der Waals surface area contributed by atoms with E-state index < -0.39 is 0 Å². The second kappa shape index (κ2) is 37.0. The summed E-state index contributed by atoms with van der Waals surface area (Å²) < 4.78 is 0. The minimum atomic E-state index is -0.197. The number of allylic oxidation sites excluding steroid dienone is 1. The van der Waals surface area contributed by atoms with Gasteiger partial charge in [0.1, 0.15) is 23.1 Å². The number of hydrogen-bond acceptors (Lipinski definition) is 9. The van der Waals surface area contributed by atoms with Crippen molar-refractivity contribution in [1.82, 2.24) is 10.3 Å². The summed E-state index contributed by atoms with van der Waals surface area (Å²) >= 11 is 0. The molecule has 0 spiro atoms. The van der Waals surface area contributed by atoms with Gasteiger partial charge in [-0.2, -0.15) is 0 Å². The molecule has 2 fully saturated rings. The molecule has 0 radical (unpaired) electrons. The van der Waals surface area contributed by atoms with Crippen LogP contribution in [-0.4, -0.2) is 69.2 Å². The average molecular weight is 914 g/mol. The standard InChI is InChI=1S/C13H12O.C10H9NO.C8H14O.C6H13N3O.C6H9NO2.C6H10O2.2C2H6/c1-10(14)8-11-6-7-12-4-2-3-5-13(12)9-11;1-7(12)9-6-11-10-5-3-2-4-8(9)10;1-7(9)8-5-3-2-4-6-8;1-5(10)3-2-4-9-6(7)8;1-4(8)5-2-3-6(9)7-5;1-5(7)3-4-6(2)8;2*1-2/h2-7,9H,8H2,1H3;2-6,11H,1H3;8H,2-6H2,1H3;2-4H2,1H3,(H4,7,8,9);5H,2-3H2,1H3,(H,7,9);7H,1,3-4H2,2H3;2*1-2H3. The first-order valence-corrected chi connectivity index (χ1v) is 23.1. The molecule has 1 saturated carbocycles. The van der Waals surface area contributed by atoms with Crippen molar-refractivity contribution in [2.75, 3.05) is 6.54 Å². The first-order valence-electron chi connectivity index (χ1n) is 23.1. The first-order chi connectivity index (χ1) is 31.3. The molecule has 1 aliphatic carbocycles. The number of aromatic amines is 1. The molecule has 2 aliphatic rings. The molecule has 2 heterocycles. The van der Waals surface area contributed by atoms with Crippen LogP contribution in [0.15, 0.2) is 90.3 Å². The molecule has 364 valence electrons. The number of rotatable bonds is 12. The summed E-state index contributed by atoms with van der Waals surface area (Å²) in [4.78, 5) is 81.3. The summed E-state index contributed by atoms with van der Waals surface area (Å²) in [6.07, 6.45) is 11.7. The van der Waals surface area contributed by atoms with Crippen molar-refractivity contribution in [1.29, 1.82) is 0 Å². The molecule has 13 nitrogen and oxygen atoms in total. The van der Waals surface area contributed by atoms with E-state index in [0.717, 1.165) is 41.3 Å². The Morgan fingerprint density at radius 2 is 1.29 bits per heavy atom. The number of nitrogens with two attached hydrogens (primary N) is 2. The fourth-order valence-electron chi connectivity index (χ4n) is 6.28. The molecule has 0 bridgehead atoms. The van der Waals surface area contributed by atoms with Crippen LogP contribution in [0.1, 0.15) is 156 Å². The van der Waals surface area contributed by atoms with Gasteiger partial charge in [0, 0.05) is 67.2 Å². The number of guanidine groups is 1. The van der Waals surface area contributed by atoms with E-state index in [1.165, 1.54) is 43.9 Å². The van der Waals surface area contributed by atoms with E-state index in [1.54, 1.807) is 33.9 Å². The highest BCUT2D eigenvalue weighted by atomic mass is 16.3. The minimum absolute atomic E-state index is 0.00444. The zero-order valence-corrected chi connectivity index (χ0v) is 41.4. The van der Waals surface area contributed by atoms with Gasteiger partial charge in [0.25, 0.3) is 0 Å². The maximum atomic E-state index is 11.1. The number of hydrogen-bond donors (Lipinski definition) is 5. The Hall–Kier alpha value is -6.24. The zero-order chi connectivity index (χ0) is 50.6. The van der Waals surface area contributed by atoms with Crippen molar-refractivity contribution in [3.05, 3.63) is 96.4 Å². The summed E-state index contributed by atoms with van der Waals surface area (Å²) in [5.41, 5.74) is 13.0. The topological polar surface area (TPSA) is 232 Å². The Morgan fingerprint density at radius 1 is 0.712 bits per heavy atom. The maximum absolute atomic E-state index is 11.1. The van der Waals surface area contributed by atoms with Crippen molar-refractivity contribution in [3.63, 3.8) is 0 Å². The number of carbonyl (C=O) groups is 7. The van der Waals surface area contributed by atoms with Crippen molar-refractivity contribution in [2.24, 2.45) is 22.4 Å². The molecule has 1 aromatic heterocycles. The highest BCUT2D eigenvalue weighted by molar-refractivity contribution is 6.06.